The molecule has 33 heavy (non-hydrogen) atoms. The fourth-order valence-electron chi connectivity index (χ4n) is 2.72. The summed E-state index contributed by atoms with van der Waals surface area (Å²) in [5, 5.41) is 13.2. The lowest BCUT2D eigenvalue weighted by molar-refractivity contribution is -0.129. The molecule has 0 fully saturated rings. The first-order valence-corrected chi connectivity index (χ1v) is 11.2. The van der Waals surface area contributed by atoms with E-state index in [1.165, 1.54) is 6.07 Å². The van der Waals surface area contributed by atoms with E-state index in [0.29, 0.717) is 18.8 Å². The minimum Gasteiger partial charge on any atom is -0.354 e. The van der Waals surface area contributed by atoms with E-state index in [-0.39, 0.29) is 30.2 Å². The second kappa shape index (κ2) is 14.6. The topological polar surface area (TPSA) is 146 Å². The molecule has 0 aliphatic rings. The molecular weight excluding hydrogens is 426 g/mol. The monoisotopic (exact) mass is 461 g/mol. The number of hydrogen-bond donors (Lipinski definition) is 5. The fourth-order valence-corrected chi connectivity index (χ4v) is 2.72. The van der Waals surface area contributed by atoms with Crippen molar-refractivity contribution in [3.63, 3.8) is 0 Å². The van der Waals surface area contributed by atoms with E-state index in [1.54, 1.807) is 32.0 Å². The van der Waals surface area contributed by atoms with E-state index in [2.05, 4.69) is 26.6 Å². The van der Waals surface area contributed by atoms with Gasteiger partial charge in [-0.2, -0.15) is 0 Å². The van der Waals surface area contributed by atoms with Crippen LogP contribution in [-0.2, 0) is 19.2 Å². The number of benzene rings is 1. The van der Waals surface area contributed by atoms with E-state index in [9.17, 15) is 24.0 Å². The lowest BCUT2D eigenvalue weighted by Crippen LogP contribution is -2.45. The van der Waals surface area contributed by atoms with Crippen LogP contribution in [0.3, 0.4) is 0 Å². The summed E-state index contributed by atoms with van der Waals surface area (Å²) in [5.74, 6) is -1.81. The summed E-state index contributed by atoms with van der Waals surface area (Å²) in [6.45, 7) is 8.09. The van der Waals surface area contributed by atoms with Gasteiger partial charge in [-0.3, -0.25) is 24.0 Å². The van der Waals surface area contributed by atoms with Crippen molar-refractivity contribution in [2.75, 3.05) is 18.4 Å². The number of anilines is 1. The number of amides is 5. The van der Waals surface area contributed by atoms with Gasteiger partial charge < -0.3 is 26.6 Å². The molecule has 0 aliphatic carbocycles. The Bertz CT molecular complexity index is 842. The van der Waals surface area contributed by atoms with E-state index in [4.69, 9.17) is 0 Å². The molecule has 2 atom stereocenters. The van der Waals surface area contributed by atoms with Crippen LogP contribution in [-0.4, -0.2) is 54.7 Å². The van der Waals surface area contributed by atoms with Gasteiger partial charge in [-0.15, -0.1) is 0 Å². The summed E-state index contributed by atoms with van der Waals surface area (Å²) in [6, 6.07) is 4.90. The minimum atomic E-state index is -0.702. The second-order valence-corrected chi connectivity index (χ2v) is 7.70. The maximum Gasteiger partial charge on any atom is 0.251 e. The maximum absolute atomic E-state index is 12.4. The fraction of sp³-hybridized carbons (Fsp3) is 0.522. The summed E-state index contributed by atoms with van der Waals surface area (Å²) < 4.78 is 0. The Kier molecular flexibility index (Phi) is 12.2. The number of carbonyl (C=O) groups is 5. The van der Waals surface area contributed by atoms with Crippen molar-refractivity contribution >= 4 is 35.2 Å². The molecule has 0 unspecified atom stereocenters. The van der Waals surface area contributed by atoms with Crippen molar-refractivity contribution in [3.05, 3.63) is 29.8 Å². The molecule has 10 nitrogen and oxygen atoms in total. The Balaban J connectivity index is 2.52. The van der Waals surface area contributed by atoms with Gasteiger partial charge >= 0.3 is 0 Å². The molecule has 182 valence electrons. The average Bonchev–Trinajstić information content (AvgIpc) is 2.79. The quantitative estimate of drug-likeness (QED) is 0.298. The van der Waals surface area contributed by atoms with Crippen molar-refractivity contribution in [2.24, 2.45) is 0 Å². The molecule has 5 N–H and O–H groups in total. The summed E-state index contributed by atoms with van der Waals surface area (Å²) in [5.41, 5.74) is 0.677. The number of hydrogen-bond acceptors (Lipinski definition) is 5. The minimum absolute atomic E-state index is 0.0816. The van der Waals surface area contributed by atoms with E-state index >= 15 is 0 Å². The standard InChI is InChI=1S/C23H35N5O5/c1-5-12-24-21(31)15(3)26-19(29)10-11-20(30)28-18-9-7-8-17(14-18)23(33)27-16(4)22(32)25-13-6-2/h7-9,14-16H,5-6,10-13H2,1-4H3,(H,24,31)(H,25,32)(H,26,29)(H,27,33)(H,28,30)/t15-,16-/m1/s1. The molecular formula is C23H35N5O5. The molecule has 0 aromatic heterocycles. The van der Waals surface area contributed by atoms with E-state index in [1.807, 2.05) is 13.8 Å². The largest absolute Gasteiger partial charge is 0.354 e. The van der Waals surface area contributed by atoms with Crippen molar-refractivity contribution < 1.29 is 24.0 Å². The van der Waals surface area contributed by atoms with Crippen LogP contribution < -0.4 is 26.6 Å². The molecule has 0 saturated carbocycles. The molecule has 0 aliphatic heterocycles. The third-order valence-electron chi connectivity index (χ3n) is 4.60. The van der Waals surface area contributed by atoms with Gasteiger partial charge in [0.15, 0.2) is 0 Å². The van der Waals surface area contributed by atoms with Crippen LogP contribution in [0.15, 0.2) is 24.3 Å². The predicted octanol–water partition coefficient (Wildman–Crippen LogP) is 1.08. The van der Waals surface area contributed by atoms with Gasteiger partial charge in [0.25, 0.3) is 5.91 Å². The molecule has 10 heteroatoms. The molecule has 1 rings (SSSR count). The van der Waals surface area contributed by atoms with Crippen LogP contribution in [0.4, 0.5) is 5.69 Å². The Morgan fingerprint density at radius 2 is 1.33 bits per heavy atom. The third-order valence-corrected chi connectivity index (χ3v) is 4.60. The van der Waals surface area contributed by atoms with Crippen LogP contribution in [0.2, 0.25) is 0 Å². The second-order valence-electron chi connectivity index (χ2n) is 7.70. The van der Waals surface area contributed by atoms with Gasteiger partial charge in [0, 0.05) is 37.2 Å². The van der Waals surface area contributed by atoms with Gasteiger partial charge in [0.1, 0.15) is 12.1 Å². The zero-order chi connectivity index (χ0) is 24.8. The Hall–Kier alpha value is -3.43. The average molecular weight is 462 g/mol. The first kappa shape index (κ1) is 27.6. The summed E-state index contributed by atoms with van der Waals surface area (Å²) >= 11 is 0. The molecule has 0 heterocycles. The first-order valence-electron chi connectivity index (χ1n) is 11.2. The molecule has 1 aromatic rings. The van der Waals surface area contributed by atoms with Crippen molar-refractivity contribution in [1.29, 1.82) is 0 Å². The normalized spacial score (nSPS) is 12.1. The summed E-state index contributed by atoms with van der Waals surface area (Å²) in [6.07, 6.45) is 1.42. The van der Waals surface area contributed by atoms with Gasteiger partial charge in [-0.05, 0) is 44.9 Å². The first-order chi connectivity index (χ1) is 15.7. The third kappa shape index (κ3) is 10.6. The maximum atomic E-state index is 12.4. The van der Waals surface area contributed by atoms with Gasteiger partial charge in [-0.1, -0.05) is 19.9 Å². The Labute approximate surface area is 194 Å². The Morgan fingerprint density at radius 1 is 0.788 bits per heavy atom. The Morgan fingerprint density at radius 3 is 1.91 bits per heavy atom. The zero-order valence-electron chi connectivity index (χ0n) is 19.7. The smallest absolute Gasteiger partial charge is 0.251 e. The highest BCUT2D eigenvalue weighted by atomic mass is 16.2. The molecule has 0 saturated heterocycles. The predicted molar refractivity (Wildman–Crippen MR) is 125 cm³/mol. The number of nitrogens with one attached hydrogen (secondary N) is 5. The lowest BCUT2D eigenvalue weighted by Gasteiger charge is -2.14. The van der Waals surface area contributed by atoms with Gasteiger partial charge in [-0.25, -0.2) is 0 Å². The van der Waals surface area contributed by atoms with Crippen molar-refractivity contribution in [3.8, 4) is 0 Å². The van der Waals surface area contributed by atoms with Gasteiger partial charge in [0.05, 0.1) is 0 Å². The van der Waals surface area contributed by atoms with Crippen LogP contribution >= 0.6 is 0 Å². The van der Waals surface area contributed by atoms with Crippen LogP contribution in [0.5, 0.6) is 0 Å². The van der Waals surface area contributed by atoms with Crippen LogP contribution in [0.25, 0.3) is 0 Å². The number of rotatable bonds is 13. The van der Waals surface area contributed by atoms with E-state index in [0.717, 1.165) is 12.8 Å². The van der Waals surface area contributed by atoms with Crippen molar-refractivity contribution in [2.45, 2.75) is 65.5 Å². The van der Waals surface area contributed by atoms with Crippen LogP contribution in [0, 0.1) is 0 Å². The summed E-state index contributed by atoms with van der Waals surface area (Å²) in [4.78, 5) is 60.3. The van der Waals surface area contributed by atoms with E-state index < -0.39 is 29.8 Å². The molecule has 0 bridgehead atoms. The van der Waals surface area contributed by atoms with Crippen molar-refractivity contribution in [1.82, 2.24) is 21.3 Å². The molecule has 0 radical (unpaired) electrons. The van der Waals surface area contributed by atoms with Gasteiger partial charge in [0.2, 0.25) is 23.6 Å². The van der Waals surface area contributed by atoms with Crippen LogP contribution in [0.1, 0.15) is 63.7 Å². The molecule has 0 spiro atoms. The molecule has 5 amide bonds. The highest BCUT2D eigenvalue weighted by Crippen LogP contribution is 2.12. The lowest BCUT2D eigenvalue weighted by atomic mass is 10.1. The highest BCUT2D eigenvalue weighted by molar-refractivity contribution is 5.99. The summed E-state index contributed by atoms with van der Waals surface area (Å²) in [7, 11) is 0. The SMILES string of the molecule is CCCNC(=O)[C@@H](C)NC(=O)CCC(=O)Nc1cccc(C(=O)N[C@H](C)C(=O)NCCC)c1. The zero-order valence-corrected chi connectivity index (χ0v) is 19.7. The highest BCUT2D eigenvalue weighted by Gasteiger charge is 2.17. The molecule has 1 aromatic carbocycles. The number of carbonyl (C=O) groups excluding carboxylic acids is 5.